The molecule has 1 fully saturated rings. The number of fused-ring (bicyclic) bond motifs is 1. The minimum absolute atomic E-state index is 0.202. The number of esters is 1. The van der Waals surface area contributed by atoms with Crippen LogP contribution in [-0.2, 0) is 15.7 Å². The third-order valence-electron chi connectivity index (χ3n) is 5.27. The first-order chi connectivity index (χ1) is 15.2. The molecule has 11 heteroatoms. The van der Waals surface area contributed by atoms with E-state index in [0.29, 0.717) is 43.2 Å². The van der Waals surface area contributed by atoms with E-state index < -0.39 is 24.3 Å². The monoisotopic (exact) mass is 447 g/mol. The molecule has 0 aliphatic carbocycles. The number of benzene rings is 1. The van der Waals surface area contributed by atoms with Gasteiger partial charge in [0.2, 0.25) is 0 Å². The number of ether oxygens (including phenoxy) is 1. The molecule has 0 atom stereocenters. The van der Waals surface area contributed by atoms with Crippen LogP contribution in [0.5, 0.6) is 0 Å². The Balaban J connectivity index is 1.33. The van der Waals surface area contributed by atoms with Crippen molar-refractivity contribution in [3.63, 3.8) is 0 Å². The number of piperazine rings is 1. The number of anilines is 1. The maximum atomic E-state index is 12.9. The molecule has 0 N–H and O–H groups in total. The van der Waals surface area contributed by atoms with E-state index >= 15 is 0 Å². The zero-order valence-electron chi connectivity index (χ0n) is 17.2. The lowest BCUT2D eigenvalue weighted by atomic mass is 10.1. The van der Waals surface area contributed by atoms with Gasteiger partial charge in [0.1, 0.15) is 5.56 Å². The minimum Gasteiger partial charge on any atom is -0.452 e. The summed E-state index contributed by atoms with van der Waals surface area (Å²) in [6, 6.07) is 6.79. The topological polar surface area (TPSA) is 80.0 Å². The highest BCUT2D eigenvalue weighted by molar-refractivity contribution is 5.98. The molecule has 0 bridgehead atoms. The summed E-state index contributed by atoms with van der Waals surface area (Å²) in [4.78, 5) is 32.4. The van der Waals surface area contributed by atoms with Gasteiger partial charge >= 0.3 is 12.1 Å². The number of alkyl halides is 3. The first-order valence-corrected chi connectivity index (χ1v) is 9.91. The number of hydrogen-bond donors (Lipinski definition) is 0. The quantitative estimate of drug-likeness (QED) is 0.572. The second kappa shape index (κ2) is 8.48. The Morgan fingerprint density at radius 1 is 1.12 bits per heavy atom. The summed E-state index contributed by atoms with van der Waals surface area (Å²) in [5.74, 6) is -1.06. The maximum Gasteiger partial charge on any atom is 0.416 e. The third kappa shape index (κ3) is 4.36. The van der Waals surface area contributed by atoms with Gasteiger partial charge in [-0.2, -0.15) is 18.3 Å². The Bertz CT molecular complexity index is 1150. The Hall–Kier alpha value is -3.63. The number of halogens is 3. The van der Waals surface area contributed by atoms with Gasteiger partial charge in [0.15, 0.2) is 12.3 Å². The molecule has 1 aromatic carbocycles. The summed E-state index contributed by atoms with van der Waals surface area (Å²) in [6.07, 6.45) is -1.23. The van der Waals surface area contributed by atoms with E-state index in [9.17, 15) is 22.8 Å². The van der Waals surface area contributed by atoms with Crippen LogP contribution in [0.3, 0.4) is 0 Å². The van der Waals surface area contributed by atoms with Gasteiger partial charge in [0, 0.05) is 44.3 Å². The zero-order valence-corrected chi connectivity index (χ0v) is 17.2. The van der Waals surface area contributed by atoms with Crippen molar-refractivity contribution in [3.8, 4) is 0 Å². The van der Waals surface area contributed by atoms with Gasteiger partial charge in [-0.15, -0.1) is 0 Å². The fourth-order valence-electron chi connectivity index (χ4n) is 3.62. The van der Waals surface area contributed by atoms with E-state index in [0.717, 1.165) is 12.1 Å². The number of rotatable bonds is 4. The first-order valence-electron chi connectivity index (χ1n) is 9.91. The molecule has 2 aromatic heterocycles. The van der Waals surface area contributed by atoms with Crippen LogP contribution < -0.4 is 4.90 Å². The predicted molar refractivity (Wildman–Crippen MR) is 108 cm³/mol. The minimum atomic E-state index is -4.41. The van der Waals surface area contributed by atoms with Gasteiger partial charge in [-0.1, -0.05) is 6.07 Å². The van der Waals surface area contributed by atoms with Gasteiger partial charge in [-0.3, -0.25) is 4.79 Å². The van der Waals surface area contributed by atoms with E-state index in [1.165, 1.54) is 21.7 Å². The summed E-state index contributed by atoms with van der Waals surface area (Å²) in [5, 5.41) is 4.19. The van der Waals surface area contributed by atoms with Crippen molar-refractivity contribution in [2.75, 3.05) is 37.7 Å². The molecule has 3 aromatic rings. The van der Waals surface area contributed by atoms with Crippen molar-refractivity contribution in [1.29, 1.82) is 0 Å². The van der Waals surface area contributed by atoms with Gasteiger partial charge in [0.25, 0.3) is 5.91 Å². The highest BCUT2D eigenvalue weighted by atomic mass is 19.4. The molecule has 4 rings (SSSR count). The molecule has 1 amide bonds. The van der Waals surface area contributed by atoms with E-state index in [-0.39, 0.29) is 11.5 Å². The summed E-state index contributed by atoms with van der Waals surface area (Å²) in [6.45, 7) is 2.58. The molecule has 0 unspecified atom stereocenters. The SMILES string of the molecule is Cc1nn2cccnc2c1C(=O)OCC(=O)N1CCN(c2cccc(C(F)(F)F)c2)CC1. The molecule has 32 heavy (non-hydrogen) atoms. The lowest BCUT2D eigenvalue weighted by Gasteiger charge is -2.36. The zero-order chi connectivity index (χ0) is 22.9. The maximum absolute atomic E-state index is 12.9. The first kappa shape index (κ1) is 21.6. The number of nitrogens with zero attached hydrogens (tertiary/aromatic N) is 5. The number of hydrogen-bond acceptors (Lipinski definition) is 6. The average molecular weight is 447 g/mol. The lowest BCUT2D eigenvalue weighted by molar-refractivity contribution is -0.137. The van der Waals surface area contributed by atoms with Gasteiger partial charge < -0.3 is 14.5 Å². The van der Waals surface area contributed by atoms with Crippen LogP contribution in [0.15, 0.2) is 42.7 Å². The highest BCUT2D eigenvalue weighted by Gasteiger charge is 2.31. The van der Waals surface area contributed by atoms with Crippen LogP contribution in [0.1, 0.15) is 21.6 Å². The lowest BCUT2D eigenvalue weighted by Crippen LogP contribution is -2.50. The van der Waals surface area contributed by atoms with E-state index in [1.807, 2.05) is 0 Å². The standard InChI is InChI=1S/C21H20F3N5O3/c1-14-18(19-25-6-3-7-29(19)26-14)20(31)32-13-17(30)28-10-8-27(9-11-28)16-5-2-4-15(12-16)21(22,23)24/h2-7,12H,8-11,13H2,1H3. The molecule has 0 radical (unpaired) electrons. The molecule has 0 saturated carbocycles. The van der Waals surface area contributed by atoms with E-state index in [4.69, 9.17) is 4.74 Å². The smallest absolute Gasteiger partial charge is 0.416 e. The normalized spacial score (nSPS) is 14.6. The van der Waals surface area contributed by atoms with Crippen molar-refractivity contribution < 1.29 is 27.5 Å². The highest BCUT2D eigenvalue weighted by Crippen LogP contribution is 2.31. The predicted octanol–water partition coefficient (Wildman–Crippen LogP) is 2.56. The van der Waals surface area contributed by atoms with Crippen LogP contribution in [0.25, 0.3) is 5.65 Å². The summed E-state index contributed by atoms with van der Waals surface area (Å²) in [7, 11) is 0. The van der Waals surface area contributed by atoms with Gasteiger partial charge in [-0.25, -0.2) is 14.3 Å². The average Bonchev–Trinajstić information content (AvgIpc) is 3.12. The van der Waals surface area contributed by atoms with Crippen LogP contribution in [0.2, 0.25) is 0 Å². The largest absolute Gasteiger partial charge is 0.452 e. The second-order valence-corrected chi connectivity index (χ2v) is 7.34. The Morgan fingerprint density at radius 3 is 2.59 bits per heavy atom. The van der Waals surface area contributed by atoms with E-state index in [2.05, 4.69) is 10.1 Å². The van der Waals surface area contributed by atoms with Crippen molar-refractivity contribution in [3.05, 3.63) is 59.5 Å². The molecule has 8 nitrogen and oxygen atoms in total. The fraction of sp³-hybridized carbons (Fsp3) is 0.333. The van der Waals surface area contributed by atoms with Crippen LogP contribution in [-0.4, -0.2) is 64.2 Å². The summed E-state index contributed by atoms with van der Waals surface area (Å²) < 4.78 is 45.5. The number of aromatic nitrogens is 3. The van der Waals surface area contributed by atoms with Crippen molar-refractivity contribution in [2.45, 2.75) is 13.1 Å². The van der Waals surface area contributed by atoms with Crippen LogP contribution in [0.4, 0.5) is 18.9 Å². The van der Waals surface area contributed by atoms with Crippen LogP contribution in [0, 0.1) is 6.92 Å². The second-order valence-electron chi connectivity index (χ2n) is 7.34. The Kier molecular flexibility index (Phi) is 5.72. The molecular weight excluding hydrogens is 427 g/mol. The van der Waals surface area contributed by atoms with Crippen molar-refractivity contribution in [1.82, 2.24) is 19.5 Å². The van der Waals surface area contributed by atoms with Gasteiger partial charge in [-0.05, 0) is 31.2 Å². The third-order valence-corrected chi connectivity index (χ3v) is 5.27. The van der Waals surface area contributed by atoms with Crippen LogP contribution >= 0.6 is 0 Å². The Morgan fingerprint density at radius 2 is 1.88 bits per heavy atom. The molecule has 3 heterocycles. The van der Waals surface area contributed by atoms with E-state index in [1.54, 1.807) is 30.2 Å². The molecule has 1 aliphatic rings. The molecule has 168 valence electrons. The molecule has 0 spiro atoms. The number of carbonyl (C=O) groups excluding carboxylic acids is 2. The molecule has 1 aliphatic heterocycles. The van der Waals surface area contributed by atoms with Crippen molar-refractivity contribution >= 4 is 23.2 Å². The summed E-state index contributed by atoms with van der Waals surface area (Å²) in [5.41, 5.74) is 0.730. The number of amides is 1. The molecule has 1 saturated heterocycles. The fourth-order valence-corrected chi connectivity index (χ4v) is 3.62. The molecular formula is C21H20F3N5O3. The van der Waals surface area contributed by atoms with Gasteiger partial charge in [0.05, 0.1) is 11.3 Å². The van der Waals surface area contributed by atoms with Crippen molar-refractivity contribution in [2.24, 2.45) is 0 Å². The number of carbonyl (C=O) groups is 2. The number of aryl methyl sites for hydroxylation is 1. The summed E-state index contributed by atoms with van der Waals surface area (Å²) >= 11 is 0. The Labute approximate surface area is 181 Å².